The van der Waals surface area contributed by atoms with Crippen LogP contribution < -0.4 is 0 Å². The van der Waals surface area contributed by atoms with Gasteiger partial charge in [0.1, 0.15) is 0 Å². The average molecular weight is 171 g/mol. The second kappa shape index (κ2) is 7.14. The number of carbonyl (C=O) groups is 1. The molecule has 0 heterocycles. The van der Waals surface area contributed by atoms with E-state index < -0.39 is 0 Å². The molecule has 0 aromatic heterocycles. The molecule has 12 heavy (non-hydrogen) atoms. The highest BCUT2D eigenvalue weighted by Crippen LogP contribution is 2.00. The third-order valence-corrected chi connectivity index (χ3v) is 2.07. The van der Waals surface area contributed by atoms with Crippen molar-refractivity contribution in [1.82, 2.24) is 4.90 Å². The molecule has 0 rings (SSSR count). The summed E-state index contributed by atoms with van der Waals surface area (Å²) in [6, 6.07) is 0. The van der Waals surface area contributed by atoms with Crippen molar-refractivity contribution in [2.75, 3.05) is 13.1 Å². The van der Waals surface area contributed by atoms with Crippen LogP contribution in [0.2, 0.25) is 0 Å². The van der Waals surface area contributed by atoms with Crippen LogP contribution in [-0.2, 0) is 4.79 Å². The van der Waals surface area contributed by atoms with E-state index in [4.69, 9.17) is 0 Å². The summed E-state index contributed by atoms with van der Waals surface area (Å²) in [5, 5.41) is 0. The predicted molar refractivity (Wildman–Crippen MR) is 52.1 cm³/mol. The van der Waals surface area contributed by atoms with Gasteiger partial charge in [-0.2, -0.15) is 0 Å². The second-order valence-corrected chi connectivity index (χ2v) is 3.03. The third kappa shape index (κ3) is 4.37. The number of carbonyl (C=O) groups excluding carboxylic acids is 1. The molecule has 0 aromatic rings. The normalized spacial score (nSPS) is 9.92. The van der Waals surface area contributed by atoms with Crippen LogP contribution >= 0.6 is 0 Å². The summed E-state index contributed by atoms with van der Waals surface area (Å²) in [6.07, 6.45) is 4.24. The van der Waals surface area contributed by atoms with E-state index in [1.165, 1.54) is 12.8 Å². The molecule has 0 spiro atoms. The van der Waals surface area contributed by atoms with Crippen LogP contribution in [0.4, 0.5) is 0 Å². The Labute approximate surface area is 75.9 Å². The highest BCUT2D eigenvalue weighted by Gasteiger charge is 2.07. The number of hydrogen-bond acceptors (Lipinski definition) is 1. The van der Waals surface area contributed by atoms with Crippen LogP contribution in [0.25, 0.3) is 0 Å². The molecule has 2 heteroatoms. The van der Waals surface area contributed by atoms with Crippen molar-refractivity contribution in [2.24, 2.45) is 0 Å². The van der Waals surface area contributed by atoms with Crippen molar-refractivity contribution < 1.29 is 4.79 Å². The minimum Gasteiger partial charge on any atom is -0.343 e. The van der Waals surface area contributed by atoms with Crippen LogP contribution in [0.3, 0.4) is 0 Å². The maximum atomic E-state index is 11.3. The van der Waals surface area contributed by atoms with Crippen LogP contribution in [0.15, 0.2) is 0 Å². The van der Waals surface area contributed by atoms with Crippen molar-refractivity contribution in [1.29, 1.82) is 0 Å². The maximum Gasteiger partial charge on any atom is 0.222 e. The Morgan fingerprint density at radius 3 is 2.25 bits per heavy atom. The lowest BCUT2D eigenvalue weighted by molar-refractivity contribution is -0.130. The molecule has 0 saturated carbocycles. The average Bonchev–Trinajstić information content (AvgIpc) is 2.11. The van der Waals surface area contributed by atoms with Gasteiger partial charge in [0, 0.05) is 19.5 Å². The van der Waals surface area contributed by atoms with E-state index in [0.29, 0.717) is 6.42 Å². The second-order valence-electron chi connectivity index (χ2n) is 3.03. The lowest BCUT2D eigenvalue weighted by Crippen LogP contribution is -2.30. The molecule has 0 radical (unpaired) electrons. The first kappa shape index (κ1) is 11.5. The summed E-state index contributed by atoms with van der Waals surface area (Å²) in [5.41, 5.74) is 0. The zero-order valence-electron chi connectivity index (χ0n) is 8.60. The standard InChI is InChI=1S/C10H21NO/c1-4-7-8-9-11(6-3)10(12)5-2/h4-9H2,1-3H3. The topological polar surface area (TPSA) is 20.3 Å². The van der Waals surface area contributed by atoms with Gasteiger partial charge in [0.25, 0.3) is 0 Å². The van der Waals surface area contributed by atoms with Gasteiger partial charge >= 0.3 is 0 Å². The molecule has 72 valence electrons. The fourth-order valence-corrected chi connectivity index (χ4v) is 1.24. The lowest BCUT2D eigenvalue weighted by atomic mass is 10.2. The quantitative estimate of drug-likeness (QED) is 0.562. The van der Waals surface area contributed by atoms with Crippen molar-refractivity contribution in [3.63, 3.8) is 0 Å². The van der Waals surface area contributed by atoms with E-state index in [1.807, 2.05) is 18.7 Å². The lowest BCUT2D eigenvalue weighted by Gasteiger charge is -2.19. The van der Waals surface area contributed by atoms with E-state index in [9.17, 15) is 4.79 Å². The summed E-state index contributed by atoms with van der Waals surface area (Å²) in [4.78, 5) is 13.2. The molecule has 0 aliphatic heterocycles. The fraction of sp³-hybridized carbons (Fsp3) is 0.900. The predicted octanol–water partition coefficient (Wildman–Crippen LogP) is 2.44. The van der Waals surface area contributed by atoms with Gasteiger partial charge in [0.05, 0.1) is 0 Å². The Hall–Kier alpha value is -0.530. The van der Waals surface area contributed by atoms with Gasteiger partial charge in [-0.15, -0.1) is 0 Å². The molecule has 0 N–H and O–H groups in total. The van der Waals surface area contributed by atoms with Gasteiger partial charge in [-0.05, 0) is 13.3 Å². The summed E-state index contributed by atoms with van der Waals surface area (Å²) in [7, 11) is 0. The molecule has 0 atom stereocenters. The smallest absolute Gasteiger partial charge is 0.222 e. The van der Waals surface area contributed by atoms with E-state index in [0.717, 1.165) is 19.5 Å². The third-order valence-electron chi connectivity index (χ3n) is 2.07. The Morgan fingerprint density at radius 2 is 1.83 bits per heavy atom. The molecule has 1 amide bonds. The molecule has 0 aliphatic rings. The van der Waals surface area contributed by atoms with Gasteiger partial charge in [-0.3, -0.25) is 4.79 Å². The summed E-state index contributed by atoms with van der Waals surface area (Å²) < 4.78 is 0. The van der Waals surface area contributed by atoms with Crippen LogP contribution in [0.5, 0.6) is 0 Å². The maximum absolute atomic E-state index is 11.3. The number of amides is 1. The molecule has 0 bridgehead atoms. The van der Waals surface area contributed by atoms with E-state index in [-0.39, 0.29) is 5.91 Å². The highest BCUT2D eigenvalue weighted by atomic mass is 16.2. The molecule has 0 unspecified atom stereocenters. The largest absolute Gasteiger partial charge is 0.343 e. The number of nitrogens with zero attached hydrogens (tertiary/aromatic N) is 1. The van der Waals surface area contributed by atoms with Crippen LogP contribution in [-0.4, -0.2) is 23.9 Å². The Balaban J connectivity index is 3.60. The summed E-state index contributed by atoms with van der Waals surface area (Å²) >= 11 is 0. The van der Waals surface area contributed by atoms with Crippen molar-refractivity contribution >= 4 is 5.91 Å². The molecular weight excluding hydrogens is 150 g/mol. The van der Waals surface area contributed by atoms with Crippen molar-refractivity contribution in [3.05, 3.63) is 0 Å². The van der Waals surface area contributed by atoms with Crippen LogP contribution in [0, 0.1) is 0 Å². The van der Waals surface area contributed by atoms with E-state index >= 15 is 0 Å². The van der Waals surface area contributed by atoms with Gasteiger partial charge < -0.3 is 4.90 Å². The molecule has 0 fully saturated rings. The molecule has 0 aromatic carbocycles. The van der Waals surface area contributed by atoms with Gasteiger partial charge in [-0.1, -0.05) is 26.7 Å². The monoisotopic (exact) mass is 171 g/mol. The summed E-state index contributed by atoms with van der Waals surface area (Å²) in [6.45, 7) is 7.94. The number of unbranched alkanes of at least 4 members (excludes halogenated alkanes) is 2. The highest BCUT2D eigenvalue weighted by molar-refractivity contribution is 5.75. The fourth-order valence-electron chi connectivity index (χ4n) is 1.24. The first-order chi connectivity index (χ1) is 5.76. The van der Waals surface area contributed by atoms with Crippen molar-refractivity contribution in [3.8, 4) is 0 Å². The van der Waals surface area contributed by atoms with Gasteiger partial charge in [-0.25, -0.2) is 0 Å². The SMILES string of the molecule is CCCCCN(CC)C(=O)CC. The Morgan fingerprint density at radius 1 is 1.17 bits per heavy atom. The number of rotatable bonds is 6. The van der Waals surface area contributed by atoms with E-state index in [2.05, 4.69) is 6.92 Å². The molecular formula is C10H21NO. The van der Waals surface area contributed by atoms with Gasteiger partial charge in [0.15, 0.2) is 0 Å². The zero-order valence-corrected chi connectivity index (χ0v) is 8.60. The molecule has 0 saturated heterocycles. The van der Waals surface area contributed by atoms with Crippen LogP contribution in [0.1, 0.15) is 46.5 Å². The van der Waals surface area contributed by atoms with Gasteiger partial charge in [0.2, 0.25) is 5.91 Å². The molecule has 2 nitrogen and oxygen atoms in total. The van der Waals surface area contributed by atoms with Crippen molar-refractivity contribution in [2.45, 2.75) is 46.5 Å². The first-order valence-corrected chi connectivity index (χ1v) is 5.04. The number of hydrogen-bond donors (Lipinski definition) is 0. The van der Waals surface area contributed by atoms with E-state index in [1.54, 1.807) is 0 Å². The summed E-state index contributed by atoms with van der Waals surface area (Å²) in [5.74, 6) is 0.286. The molecule has 0 aliphatic carbocycles. The first-order valence-electron chi connectivity index (χ1n) is 5.04. The minimum atomic E-state index is 0.286. The Kier molecular flexibility index (Phi) is 6.82. The minimum absolute atomic E-state index is 0.286. The zero-order chi connectivity index (χ0) is 9.40. The Bertz CT molecular complexity index is 123.